The van der Waals surface area contributed by atoms with Crippen molar-refractivity contribution >= 4 is 17.8 Å². The Kier molecular flexibility index (Phi) is 9.99. The average molecular weight is 631 g/mol. The van der Waals surface area contributed by atoms with Crippen molar-refractivity contribution in [3.8, 4) is 40.2 Å². The summed E-state index contributed by atoms with van der Waals surface area (Å²) in [5, 5.41) is 0. The molecule has 0 aliphatic carbocycles. The second-order valence-electron chi connectivity index (χ2n) is 13.0. The zero-order chi connectivity index (χ0) is 33.0. The predicted molar refractivity (Wildman–Crippen MR) is 179 cm³/mol. The summed E-state index contributed by atoms with van der Waals surface area (Å²) >= 11 is 0. The molecular weight excluding hydrogens is 584 g/mol. The number of nitrogens with zero attached hydrogens (tertiary/aromatic N) is 2. The highest BCUT2D eigenvalue weighted by molar-refractivity contribution is 6.03. The van der Waals surface area contributed by atoms with Crippen molar-refractivity contribution < 1.29 is 33.2 Å². The van der Waals surface area contributed by atoms with Crippen LogP contribution < -0.4 is 28.4 Å². The maximum Gasteiger partial charge on any atom is 0.256 e. The van der Waals surface area contributed by atoms with Gasteiger partial charge in [-0.1, -0.05) is 20.8 Å². The predicted octanol–water partition coefficient (Wildman–Crippen LogP) is 8.03. The first-order chi connectivity index (χ1) is 22.0. The Balaban J connectivity index is 1.18. The normalized spacial score (nSPS) is 17.0. The molecule has 246 valence electrons. The number of carbonyl (C=O) groups is 1. The Morgan fingerprint density at radius 3 is 2.30 bits per heavy atom. The van der Waals surface area contributed by atoms with Crippen LogP contribution in [0, 0.1) is 18.3 Å². The van der Waals surface area contributed by atoms with Gasteiger partial charge in [-0.25, -0.2) is 0 Å². The molecule has 1 fully saturated rings. The summed E-state index contributed by atoms with van der Waals surface area (Å²) in [6, 6.07) is 15.0. The molecule has 2 aliphatic heterocycles. The number of hydrogen-bond donors (Lipinski definition) is 0. The van der Waals surface area contributed by atoms with Crippen molar-refractivity contribution in [1.29, 1.82) is 0 Å². The molecule has 9 nitrogen and oxygen atoms in total. The lowest BCUT2D eigenvalue weighted by molar-refractivity contribution is 0.0774. The minimum absolute atomic E-state index is 0.00159. The number of carbonyl (C=O) groups excluding carboxylic acids is 1. The van der Waals surface area contributed by atoms with E-state index in [2.05, 4.69) is 32.7 Å². The van der Waals surface area contributed by atoms with Crippen LogP contribution in [0.15, 0.2) is 53.5 Å². The molecule has 2 heterocycles. The lowest BCUT2D eigenvalue weighted by Crippen LogP contribution is -2.35. The van der Waals surface area contributed by atoms with Crippen molar-refractivity contribution in [3.63, 3.8) is 0 Å². The summed E-state index contributed by atoms with van der Waals surface area (Å²) in [5.74, 6) is 4.77. The van der Waals surface area contributed by atoms with E-state index in [-0.39, 0.29) is 29.4 Å². The van der Waals surface area contributed by atoms with Crippen LogP contribution in [0.4, 0.5) is 5.69 Å². The Labute approximate surface area is 272 Å². The molecule has 3 unspecified atom stereocenters. The molecule has 0 radical (unpaired) electrons. The topological polar surface area (TPSA) is 88.1 Å². The number of aliphatic imine (C=N–C) groups is 1. The minimum atomic E-state index is -0.124. The van der Waals surface area contributed by atoms with Gasteiger partial charge in [0.15, 0.2) is 23.0 Å². The summed E-state index contributed by atoms with van der Waals surface area (Å²) in [7, 11) is 4.81. The number of rotatable bonds is 13. The van der Waals surface area contributed by atoms with Gasteiger partial charge in [0, 0.05) is 24.9 Å². The van der Waals surface area contributed by atoms with Gasteiger partial charge in [0.05, 0.1) is 51.3 Å². The minimum Gasteiger partial charge on any atom is -0.493 e. The first kappa shape index (κ1) is 33.0. The Morgan fingerprint density at radius 2 is 1.59 bits per heavy atom. The lowest BCUT2D eigenvalue weighted by atomic mass is 9.82. The summed E-state index contributed by atoms with van der Waals surface area (Å²) in [5.41, 5.74) is 2.01. The van der Waals surface area contributed by atoms with Gasteiger partial charge in [0.2, 0.25) is 0 Å². The highest BCUT2D eigenvalue weighted by atomic mass is 16.5. The van der Waals surface area contributed by atoms with Crippen molar-refractivity contribution in [2.45, 2.75) is 66.0 Å². The molecule has 0 saturated carbocycles. The van der Waals surface area contributed by atoms with Gasteiger partial charge >= 0.3 is 0 Å². The van der Waals surface area contributed by atoms with Gasteiger partial charge in [0.25, 0.3) is 5.91 Å². The Bertz CT molecular complexity index is 1580. The smallest absolute Gasteiger partial charge is 0.256 e. The molecular formula is C37H46N2O7. The highest BCUT2D eigenvalue weighted by Crippen LogP contribution is 2.40. The first-order valence-electron chi connectivity index (χ1n) is 15.9. The molecule has 46 heavy (non-hydrogen) atoms. The van der Waals surface area contributed by atoms with E-state index >= 15 is 0 Å². The standard InChI is InChI=1S/C37H46N2O7/c1-23-16-27(11-13-31(23)46-28-12-14-32(41-6)33(17-28)42-7)44-22-37(4,5)20-24(2)25(3)45-35-19-30-29(18-34(35)43-8)36(40)39-15-9-10-26(39)21-38-30/h11-14,16-19,21,24-26H,9-10,15,20,22H2,1-8H3. The van der Waals surface area contributed by atoms with E-state index in [9.17, 15) is 4.79 Å². The Morgan fingerprint density at radius 1 is 0.891 bits per heavy atom. The SMILES string of the molecule is COc1ccc(Oc2ccc(OCC(C)(C)CC(C)C(C)Oc3cc4c(cc3OC)C(=O)N3CCCC3C=N4)cc2C)cc1OC. The molecule has 1 saturated heterocycles. The van der Waals surface area contributed by atoms with Crippen LogP contribution in [0.1, 0.15) is 62.9 Å². The fraction of sp³-hybridized carbons (Fsp3) is 0.459. The average Bonchev–Trinajstić information content (AvgIpc) is 3.47. The van der Waals surface area contributed by atoms with Gasteiger partial charge in [-0.3, -0.25) is 9.79 Å². The zero-order valence-electron chi connectivity index (χ0n) is 28.2. The first-order valence-corrected chi connectivity index (χ1v) is 15.9. The number of fused-ring (bicyclic) bond motifs is 2. The molecule has 0 spiro atoms. The highest BCUT2D eigenvalue weighted by Gasteiger charge is 2.33. The molecule has 9 heteroatoms. The lowest BCUT2D eigenvalue weighted by Gasteiger charge is -2.31. The molecule has 1 amide bonds. The number of amides is 1. The third-order valence-corrected chi connectivity index (χ3v) is 8.81. The van der Waals surface area contributed by atoms with E-state index in [1.54, 1.807) is 33.5 Å². The second-order valence-corrected chi connectivity index (χ2v) is 13.0. The molecule has 0 bridgehead atoms. The van der Waals surface area contributed by atoms with E-state index in [1.165, 1.54) is 0 Å². The van der Waals surface area contributed by atoms with Gasteiger partial charge in [-0.05, 0) is 86.4 Å². The molecule has 3 aromatic carbocycles. The number of aryl methyl sites for hydroxylation is 1. The van der Waals surface area contributed by atoms with Gasteiger partial charge in [-0.15, -0.1) is 0 Å². The maximum atomic E-state index is 13.2. The van der Waals surface area contributed by atoms with Crippen LogP contribution >= 0.6 is 0 Å². The monoisotopic (exact) mass is 630 g/mol. The molecule has 0 N–H and O–H groups in total. The zero-order valence-corrected chi connectivity index (χ0v) is 28.2. The molecule has 0 aromatic heterocycles. The van der Waals surface area contributed by atoms with Gasteiger partial charge in [0.1, 0.15) is 17.2 Å². The Hall–Kier alpha value is -4.40. The fourth-order valence-corrected chi connectivity index (χ4v) is 6.12. The van der Waals surface area contributed by atoms with Crippen LogP contribution in [-0.2, 0) is 0 Å². The largest absolute Gasteiger partial charge is 0.493 e. The molecule has 5 rings (SSSR count). The van der Waals surface area contributed by atoms with Crippen LogP contribution in [0.25, 0.3) is 0 Å². The van der Waals surface area contributed by atoms with Crippen molar-refractivity contribution in [2.75, 3.05) is 34.5 Å². The summed E-state index contributed by atoms with van der Waals surface area (Å²) < 4.78 is 35.2. The molecule has 3 atom stereocenters. The second kappa shape index (κ2) is 13.9. The number of benzene rings is 3. The number of methoxy groups -OCH3 is 3. The third-order valence-electron chi connectivity index (χ3n) is 8.81. The van der Waals surface area contributed by atoms with Gasteiger partial charge < -0.3 is 33.3 Å². The van der Waals surface area contributed by atoms with E-state index in [0.29, 0.717) is 46.6 Å². The number of hydrogen-bond acceptors (Lipinski definition) is 8. The van der Waals surface area contributed by atoms with E-state index in [1.807, 2.05) is 54.4 Å². The van der Waals surface area contributed by atoms with Crippen LogP contribution in [0.2, 0.25) is 0 Å². The summed E-state index contributed by atoms with van der Waals surface area (Å²) in [6.45, 7) is 11.9. The molecule has 3 aromatic rings. The van der Waals surface area contributed by atoms with Crippen molar-refractivity contribution in [2.24, 2.45) is 16.3 Å². The van der Waals surface area contributed by atoms with Crippen molar-refractivity contribution in [3.05, 3.63) is 59.7 Å². The fourth-order valence-electron chi connectivity index (χ4n) is 6.12. The quantitative estimate of drug-likeness (QED) is 0.189. The summed E-state index contributed by atoms with van der Waals surface area (Å²) in [6.07, 6.45) is 4.58. The maximum absolute atomic E-state index is 13.2. The van der Waals surface area contributed by atoms with E-state index in [4.69, 9.17) is 28.4 Å². The van der Waals surface area contributed by atoms with Gasteiger partial charge in [-0.2, -0.15) is 0 Å². The van der Waals surface area contributed by atoms with E-state index < -0.39 is 0 Å². The van der Waals surface area contributed by atoms with Crippen LogP contribution in [-0.4, -0.2) is 63.6 Å². The molecule has 2 aliphatic rings. The van der Waals surface area contributed by atoms with Crippen LogP contribution in [0.3, 0.4) is 0 Å². The van der Waals surface area contributed by atoms with Crippen molar-refractivity contribution in [1.82, 2.24) is 4.90 Å². The van der Waals surface area contributed by atoms with E-state index in [0.717, 1.165) is 42.9 Å². The number of ether oxygens (including phenoxy) is 6. The summed E-state index contributed by atoms with van der Waals surface area (Å²) in [4.78, 5) is 19.8. The third kappa shape index (κ3) is 7.35. The van der Waals surface area contributed by atoms with Crippen LogP contribution in [0.5, 0.6) is 40.2 Å².